The summed E-state index contributed by atoms with van der Waals surface area (Å²) in [4.78, 5) is 0. The first-order valence-corrected chi connectivity index (χ1v) is 6.21. The first kappa shape index (κ1) is 12.4. The van der Waals surface area contributed by atoms with Crippen LogP contribution in [-0.4, -0.2) is 11.7 Å². The van der Waals surface area contributed by atoms with E-state index in [1.54, 1.807) is 6.26 Å². The zero-order chi connectivity index (χ0) is 12.1. The first-order chi connectivity index (χ1) is 8.31. The van der Waals surface area contributed by atoms with Crippen LogP contribution in [0.5, 0.6) is 0 Å². The maximum Gasteiger partial charge on any atom is 0.131 e. The fourth-order valence-electron chi connectivity index (χ4n) is 1.64. The lowest BCUT2D eigenvalue weighted by molar-refractivity contribution is 0.241. The molecule has 1 atom stereocenters. The molecule has 0 fully saturated rings. The Morgan fingerprint density at radius 2 is 2.00 bits per heavy atom. The summed E-state index contributed by atoms with van der Waals surface area (Å²) in [6, 6.07) is 11.6. The van der Waals surface area contributed by atoms with Gasteiger partial charge in [0.15, 0.2) is 0 Å². The minimum absolute atomic E-state index is 0.0579. The third kappa shape index (κ3) is 3.19. The Morgan fingerprint density at radius 3 is 2.59 bits per heavy atom. The molecule has 17 heavy (non-hydrogen) atoms. The van der Waals surface area contributed by atoms with Crippen LogP contribution in [0, 0.1) is 0 Å². The van der Waals surface area contributed by atoms with E-state index in [-0.39, 0.29) is 12.6 Å². The molecule has 2 rings (SSSR count). The zero-order valence-electron chi connectivity index (χ0n) is 9.27. The topological polar surface area (TPSA) is 45.4 Å². The maximum absolute atomic E-state index is 9.37. The summed E-state index contributed by atoms with van der Waals surface area (Å²) in [5.74, 6) is 0.833. The summed E-state index contributed by atoms with van der Waals surface area (Å²) in [7, 11) is 0. The number of furan rings is 1. The SMILES string of the molecule is OC[C@@H](NCc1occc1Br)c1ccccc1. The Bertz CT molecular complexity index is 455. The summed E-state index contributed by atoms with van der Waals surface area (Å²) >= 11 is 3.40. The Morgan fingerprint density at radius 1 is 1.24 bits per heavy atom. The number of hydrogen-bond acceptors (Lipinski definition) is 3. The van der Waals surface area contributed by atoms with Gasteiger partial charge in [0.1, 0.15) is 5.76 Å². The molecule has 1 aromatic carbocycles. The van der Waals surface area contributed by atoms with Crippen molar-refractivity contribution in [2.45, 2.75) is 12.6 Å². The summed E-state index contributed by atoms with van der Waals surface area (Å²) < 4.78 is 6.24. The number of halogens is 1. The lowest BCUT2D eigenvalue weighted by Crippen LogP contribution is -2.23. The van der Waals surface area contributed by atoms with Crippen molar-refractivity contribution in [2.75, 3.05) is 6.61 Å². The van der Waals surface area contributed by atoms with E-state index in [1.807, 2.05) is 36.4 Å². The molecule has 0 saturated carbocycles. The molecule has 0 bridgehead atoms. The van der Waals surface area contributed by atoms with Gasteiger partial charge in [-0.2, -0.15) is 0 Å². The predicted octanol–water partition coefficient (Wildman–Crippen LogP) is 2.87. The van der Waals surface area contributed by atoms with Gasteiger partial charge in [0, 0.05) is 0 Å². The van der Waals surface area contributed by atoms with Gasteiger partial charge in [0.25, 0.3) is 0 Å². The molecule has 0 spiro atoms. The van der Waals surface area contributed by atoms with Crippen LogP contribution in [-0.2, 0) is 6.54 Å². The lowest BCUT2D eigenvalue weighted by Gasteiger charge is -2.15. The summed E-state index contributed by atoms with van der Waals surface area (Å²) in [6.45, 7) is 0.635. The highest BCUT2D eigenvalue weighted by atomic mass is 79.9. The Labute approximate surface area is 109 Å². The largest absolute Gasteiger partial charge is 0.467 e. The summed E-state index contributed by atoms with van der Waals surface area (Å²) in [5.41, 5.74) is 1.07. The van der Waals surface area contributed by atoms with Gasteiger partial charge in [-0.25, -0.2) is 0 Å². The normalized spacial score (nSPS) is 12.6. The number of nitrogens with one attached hydrogen (secondary N) is 1. The second-order valence-electron chi connectivity index (χ2n) is 3.72. The fourth-order valence-corrected chi connectivity index (χ4v) is 1.98. The maximum atomic E-state index is 9.37. The van der Waals surface area contributed by atoms with Crippen molar-refractivity contribution in [3.8, 4) is 0 Å². The second kappa shape index (κ2) is 6.00. The molecular formula is C13H14BrNO2. The van der Waals surface area contributed by atoms with Gasteiger partial charge < -0.3 is 14.8 Å². The molecule has 0 radical (unpaired) electrons. The number of rotatable bonds is 5. The third-order valence-corrected chi connectivity index (χ3v) is 3.29. The van der Waals surface area contributed by atoms with Gasteiger partial charge in [-0.05, 0) is 27.6 Å². The zero-order valence-corrected chi connectivity index (χ0v) is 10.9. The Balaban J connectivity index is 1.99. The molecule has 0 saturated heterocycles. The van der Waals surface area contributed by atoms with Crippen molar-refractivity contribution in [3.63, 3.8) is 0 Å². The molecule has 0 aliphatic rings. The van der Waals surface area contributed by atoms with Gasteiger partial charge in [-0.1, -0.05) is 30.3 Å². The van der Waals surface area contributed by atoms with Crippen LogP contribution in [0.15, 0.2) is 51.6 Å². The van der Waals surface area contributed by atoms with E-state index < -0.39 is 0 Å². The Hall–Kier alpha value is -1.10. The van der Waals surface area contributed by atoms with Crippen molar-refractivity contribution in [1.29, 1.82) is 0 Å². The van der Waals surface area contributed by atoms with Gasteiger partial charge in [-0.3, -0.25) is 0 Å². The van der Waals surface area contributed by atoms with Crippen molar-refractivity contribution in [2.24, 2.45) is 0 Å². The molecule has 1 heterocycles. The standard InChI is InChI=1S/C13H14BrNO2/c14-11-6-7-17-13(11)8-15-12(9-16)10-4-2-1-3-5-10/h1-7,12,15-16H,8-9H2/t12-/m1/s1. The van der Waals surface area contributed by atoms with E-state index >= 15 is 0 Å². The number of aliphatic hydroxyl groups is 1. The highest BCUT2D eigenvalue weighted by molar-refractivity contribution is 9.10. The molecule has 3 nitrogen and oxygen atoms in total. The van der Waals surface area contributed by atoms with Gasteiger partial charge in [0.05, 0.1) is 29.9 Å². The van der Waals surface area contributed by atoms with Crippen LogP contribution >= 0.6 is 15.9 Å². The molecule has 2 aromatic rings. The molecule has 90 valence electrons. The van der Waals surface area contributed by atoms with Crippen LogP contribution in [0.4, 0.5) is 0 Å². The average molecular weight is 296 g/mol. The van der Waals surface area contributed by atoms with E-state index in [9.17, 15) is 5.11 Å². The van der Waals surface area contributed by atoms with Gasteiger partial charge in [-0.15, -0.1) is 0 Å². The quantitative estimate of drug-likeness (QED) is 0.892. The van der Waals surface area contributed by atoms with Crippen LogP contribution in [0.25, 0.3) is 0 Å². The Kier molecular flexibility index (Phi) is 4.36. The van der Waals surface area contributed by atoms with Crippen molar-refractivity contribution in [3.05, 3.63) is 58.5 Å². The van der Waals surface area contributed by atoms with E-state index in [4.69, 9.17) is 4.42 Å². The van der Waals surface area contributed by atoms with Crippen LogP contribution in [0.1, 0.15) is 17.4 Å². The minimum Gasteiger partial charge on any atom is -0.467 e. The molecule has 2 N–H and O–H groups in total. The number of aliphatic hydroxyl groups excluding tert-OH is 1. The van der Waals surface area contributed by atoms with Crippen LogP contribution < -0.4 is 5.32 Å². The summed E-state index contributed by atoms with van der Waals surface area (Å²) in [6.07, 6.45) is 1.64. The monoisotopic (exact) mass is 295 g/mol. The van der Waals surface area contributed by atoms with Crippen molar-refractivity contribution in [1.82, 2.24) is 5.32 Å². The average Bonchev–Trinajstić information content (AvgIpc) is 2.77. The van der Waals surface area contributed by atoms with E-state index in [0.717, 1.165) is 15.8 Å². The van der Waals surface area contributed by atoms with Crippen LogP contribution in [0.2, 0.25) is 0 Å². The number of benzene rings is 1. The van der Waals surface area contributed by atoms with E-state index in [1.165, 1.54) is 0 Å². The molecular weight excluding hydrogens is 282 g/mol. The van der Waals surface area contributed by atoms with Gasteiger partial charge >= 0.3 is 0 Å². The first-order valence-electron chi connectivity index (χ1n) is 5.42. The third-order valence-electron chi connectivity index (χ3n) is 2.58. The highest BCUT2D eigenvalue weighted by Gasteiger charge is 2.11. The highest BCUT2D eigenvalue weighted by Crippen LogP contribution is 2.19. The van der Waals surface area contributed by atoms with E-state index in [2.05, 4.69) is 21.2 Å². The van der Waals surface area contributed by atoms with Crippen molar-refractivity contribution < 1.29 is 9.52 Å². The lowest BCUT2D eigenvalue weighted by atomic mass is 10.1. The van der Waals surface area contributed by atoms with Crippen molar-refractivity contribution >= 4 is 15.9 Å². The second-order valence-corrected chi connectivity index (χ2v) is 4.57. The van der Waals surface area contributed by atoms with E-state index in [0.29, 0.717) is 6.54 Å². The molecule has 0 unspecified atom stereocenters. The molecule has 0 aliphatic carbocycles. The smallest absolute Gasteiger partial charge is 0.131 e. The molecule has 4 heteroatoms. The fraction of sp³-hybridized carbons (Fsp3) is 0.231. The minimum atomic E-state index is -0.0757. The molecule has 0 amide bonds. The van der Waals surface area contributed by atoms with Gasteiger partial charge in [0.2, 0.25) is 0 Å². The van der Waals surface area contributed by atoms with Crippen LogP contribution in [0.3, 0.4) is 0 Å². The predicted molar refractivity (Wildman–Crippen MR) is 69.5 cm³/mol. The summed E-state index contributed by atoms with van der Waals surface area (Å²) in [5, 5.41) is 12.6. The molecule has 0 aliphatic heterocycles. The molecule has 1 aromatic heterocycles. The number of hydrogen-bond donors (Lipinski definition) is 2.